The first kappa shape index (κ1) is 45.7. The van der Waals surface area contributed by atoms with Gasteiger partial charge in [0, 0.05) is 67.7 Å². The number of aliphatic hydroxyl groups excluding tert-OH is 1. The summed E-state index contributed by atoms with van der Waals surface area (Å²) in [6.45, 7) is 0.950. The lowest BCUT2D eigenvalue weighted by Gasteiger charge is -2.53. The molecule has 0 unspecified atom stereocenters. The zero-order valence-corrected chi connectivity index (χ0v) is 30.5. The third kappa shape index (κ3) is 11.6. The van der Waals surface area contributed by atoms with Gasteiger partial charge in [0.05, 0.1) is 31.0 Å². The molecule has 4 aromatic rings. The second-order valence-electron chi connectivity index (χ2n) is 13.3. The van der Waals surface area contributed by atoms with Crippen molar-refractivity contribution in [2.75, 3.05) is 33.3 Å². The van der Waals surface area contributed by atoms with E-state index in [-0.39, 0.29) is 36.7 Å². The molecule has 59 heavy (non-hydrogen) atoms. The molecule has 6 rings (SSSR count). The van der Waals surface area contributed by atoms with Gasteiger partial charge in [-0.3, -0.25) is 14.4 Å². The Bertz CT molecular complexity index is 2110. The number of likely N-dealkylation sites (N-methyl/N-ethyl adjacent to an activating group) is 1. The summed E-state index contributed by atoms with van der Waals surface area (Å²) < 4.78 is 112. The number of hydrogen-bond donors (Lipinski definition) is 4. The molecule has 25 heteroatoms. The van der Waals surface area contributed by atoms with Crippen LogP contribution in [0.1, 0.15) is 48.2 Å². The van der Waals surface area contributed by atoms with Crippen LogP contribution in [0.5, 0.6) is 5.88 Å². The van der Waals surface area contributed by atoms with Crippen LogP contribution in [0.2, 0.25) is 0 Å². The number of carboxylic acid groups (broad SMARTS) is 2. The number of carboxylic acids is 2. The monoisotopic (exact) mass is 851 g/mol. The standard InChI is InChI=1S/C30H32F3N9O3.2C2HF3O2/c1-40(10-11-43)28(44)19-12-24(30(31,32)33)39-25(13-19)45-22-4-2-21(3-5-22)41-16-29(17-41,7-8-34)42-15-20(14-38-42)26-23-6-9-35-27(23)37-18-36-26;2*3-2(4,5)1(6)7/h6,9,12-15,18,21-22,43H,2-5,7,10-11,16-17H2,1H3,(H,35,36,37);2*(H,6,7). The third-order valence-electron chi connectivity index (χ3n) is 9.15. The topological polar surface area (TPSA) is 224 Å². The van der Waals surface area contributed by atoms with Crippen molar-refractivity contribution < 1.29 is 74.0 Å². The normalized spacial score (nSPS) is 17.9. The minimum Gasteiger partial charge on any atom is -0.475 e. The zero-order chi connectivity index (χ0) is 43.9. The number of ether oxygens (including phenoxy) is 1. The van der Waals surface area contributed by atoms with Crippen molar-refractivity contribution in [2.45, 2.75) is 68.3 Å². The highest BCUT2D eigenvalue weighted by molar-refractivity contribution is 5.94. The SMILES string of the molecule is CN(CCO)C(=O)c1cc(OC2CCC(N3CC(CC#N)(n4cc(-c5ncnc6[nH]ccc56)cn4)C3)CC2)nc(C(F)(F)F)c1.O=C(O)C(F)(F)F.O=C(O)C(F)(F)F. The van der Waals surface area contributed by atoms with Gasteiger partial charge in [0.1, 0.15) is 29.3 Å². The van der Waals surface area contributed by atoms with Gasteiger partial charge >= 0.3 is 30.5 Å². The van der Waals surface area contributed by atoms with E-state index in [9.17, 15) is 49.6 Å². The Morgan fingerprint density at radius 2 is 1.61 bits per heavy atom. The largest absolute Gasteiger partial charge is 0.490 e. The van der Waals surface area contributed by atoms with E-state index in [1.807, 2.05) is 23.1 Å². The highest BCUT2D eigenvalue weighted by atomic mass is 19.4. The highest BCUT2D eigenvalue weighted by Crippen LogP contribution is 2.39. The van der Waals surface area contributed by atoms with Crippen molar-refractivity contribution in [3.63, 3.8) is 0 Å². The molecule has 0 aromatic carbocycles. The lowest BCUT2D eigenvalue weighted by atomic mass is 9.82. The van der Waals surface area contributed by atoms with Crippen molar-refractivity contribution in [3.05, 3.63) is 54.4 Å². The lowest BCUT2D eigenvalue weighted by Crippen LogP contribution is -2.65. The number of aromatic nitrogens is 6. The fourth-order valence-corrected chi connectivity index (χ4v) is 6.27. The van der Waals surface area contributed by atoms with Crippen molar-refractivity contribution >= 4 is 28.9 Å². The van der Waals surface area contributed by atoms with Crippen LogP contribution < -0.4 is 4.74 Å². The van der Waals surface area contributed by atoms with E-state index in [4.69, 9.17) is 29.6 Å². The number of hydrogen-bond acceptors (Lipinski definition) is 11. The van der Waals surface area contributed by atoms with Gasteiger partial charge in [0.15, 0.2) is 0 Å². The van der Waals surface area contributed by atoms with Gasteiger partial charge in [-0.2, -0.15) is 49.9 Å². The number of likely N-dealkylation sites (tertiary alicyclic amines) is 1. The van der Waals surface area contributed by atoms with Gasteiger partial charge in [-0.05, 0) is 37.8 Å². The first-order valence-corrected chi connectivity index (χ1v) is 17.2. The van der Waals surface area contributed by atoms with Gasteiger partial charge in [-0.1, -0.05) is 0 Å². The second-order valence-corrected chi connectivity index (χ2v) is 13.3. The Labute approximate surface area is 326 Å². The molecule has 16 nitrogen and oxygen atoms in total. The molecule has 2 aliphatic rings. The quantitative estimate of drug-likeness (QED) is 0.165. The van der Waals surface area contributed by atoms with Crippen LogP contribution >= 0.6 is 0 Å². The summed E-state index contributed by atoms with van der Waals surface area (Å²) >= 11 is 0. The number of amides is 1. The molecule has 0 spiro atoms. The van der Waals surface area contributed by atoms with E-state index in [0.29, 0.717) is 38.4 Å². The fraction of sp³-hybridized carbons (Fsp3) is 0.471. The Morgan fingerprint density at radius 1 is 1.00 bits per heavy atom. The summed E-state index contributed by atoms with van der Waals surface area (Å²) in [6, 6.07) is 6.39. The molecule has 0 radical (unpaired) electrons. The number of rotatable bonds is 9. The smallest absolute Gasteiger partial charge is 0.475 e. The predicted octanol–water partition coefficient (Wildman–Crippen LogP) is 4.88. The number of aliphatic hydroxyl groups is 1. The Balaban J connectivity index is 0.000000471. The van der Waals surface area contributed by atoms with Crippen LogP contribution in [-0.4, -0.2) is 130 Å². The number of nitrogens with one attached hydrogen (secondary N) is 1. The summed E-state index contributed by atoms with van der Waals surface area (Å²) in [4.78, 5) is 49.3. The maximum Gasteiger partial charge on any atom is 0.490 e. The summed E-state index contributed by atoms with van der Waals surface area (Å²) in [5.74, 6) is -6.43. The van der Waals surface area contributed by atoms with Crippen molar-refractivity contribution in [2.24, 2.45) is 0 Å². The van der Waals surface area contributed by atoms with Crippen molar-refractivity contribution in [3.8, 4) is 23.2 Å². The summed E-state index contributed by atoms with van der Waals surface area (Å²) in [5.41, 5.74) is 0.450. The van der Waals surface area contributed by atoms with E-state index < -0.39 is 47.6 Å². The number of H-pyrrole nitrogens is 1. The van der Waals surface area contributed by atoms with Gasteiger partial charge in [-0.25, -0.2) is 24.5 Å². The molecule has 1 saturated heterocycles. The van der Waals surface area contributed by atoms with Gasteiger partial charge in [0.2, 0.25) is 5.88 Å². The number of halogens is 9. The zero-order valence-electron chi connectivity index (χ0n) is 30.5. The summed E-state index contributed by atoms with van der Waals surface area (Å²) in [7, 11) is 1.40. The highest BCUT2D eigenvalue weighted by Gasteiger charge is 2.48. The van der Waals surface area contributed by atoms with Crippen LogP contribution in [0, 0.1) is 11.3 Å². The van der Waals surface area contributed by atoms with Gasteiger partial charge in [0.25, 0.3) is 5.91 Å². The molecular formula is C34H34F9N9O7. The number of aliphatic carboxylic acids is 2. The molecule has 4 N–H and O–H groups in total. The van der Waals surface area contributed by atoms with E-state index in [1.165, 1.54) is 19.4 Å². The number of nitrogens with zero attached hydrogens (tertiary/aromatic N) is 8. The van der Waals surface area contributed by atoms with Crippen LogP contribution in [0.15, 0.2) is 43.1 Å². The molecule has 1 aliphatic carbocycles. The number of alkyl halides is 9. The first-order chi connectivity index (χ1) is 27.5. The minimum absolute atomic E-state index is 0.0184. The maximum absolute atomic E-state index is 13.6. The van der Waals surface area contributed by atoms with E-state index in [0.717, 1.165) is 40.0 Å². The Hall–Kier alpha value is -6.03. The second kappa shape index (κ2) is 18.3. The van der Waals surface area contributed by atoms with Crippen LogP contribution in [-0.2, 0) is 21.3 Å². The molecule has 1 saturated carbocycles. The van der Waals surface area contributed by atoms with E-state index >= 15 is 0 Å². The number of aromatic amines is 1. The van der Waals surface area contributed by atoms with Gasteiger partial charge < -0.3 is 29.9 Å². The molecule has 320 valence electrons. The molecule has 0 bridgehead atoms. The fourth-order valence-electron chi connectivity index (χ4n) is 6.27. The van der Waals surface area contributed by atoms with E-state index in [2.05, 4.69) is 36.0 Å². The third-order valence-corrected chi connectivity index (χ3v) is 9.15. The lowest BCUT2D eigenvalue weighted by molar-refractivity contribution is -0.193. The Kier molecular flexibility index (Phi) is 14.1. The minimum atomic E-state index is -5.08. The first-order valence-electron chi connectivity index (χ1n) is 17.2. The molecular weight excluding hydrogens is 817 g/mol. The molecule has 1 amide bonds. The Morgan fingerprint density at radius 3 is 2.15 bits per heavy atom. The van der Waals surface area contributed by atoms with E-state index in [1.54, 1.807) is 6.20 Å². The molecule has 0 atom stereocenters. The predicted molar refractivity (Wildman–Crippen MR) is 182 cm³/mol. The number of pyridine rings is 1. The average molecular weight is 852 g/mol. The number of nitriles is 1. The van der Waals surface area contributed by atoms with Crippen molar-refractivity contribution in [1.29, 1.82) is 5.26 Å². The van der Waals surface area contributed by atoms with Crippen LogP contribution in [0.4, 0.5) is 39.5 Å². The summed E-state index contributed by atoms with van der Waals surface area (Å²) in [6.07, 6.45) is -5.27. The molecule has 4 aromatic heterocycles. The average Bonchev–Trinajstić information content (AvgIpc) is 3.83. The number of fused-ring (bicyclic) bond motifs is 1. The van der Waals surface area contributed by atoms with Crippen LogP contribution in [0.25, 0.3) is 22.3 Å². The molecule has 5 heterocycles. The van der Waals surface area contributed by atoms with Gasteiger partial charge in [-0.15, -0.1) is 0 Å². The van der Waals surface area contributed by atoms with Crippen LogP contribution in [0.3, 0.4) is 0 Å². The van der Waals surface area contributed by atoms with Crippen molar-refractivity contribution in [1.82, 2.24) is 39.5 Å². The molecule has 1 aliphatic heterocycles. The number of carbonyl (C=O) groups excluding carboxylic acids is 1. The molecule has 2 fully saturated rings. The number of carbonyl (C=O) groups is 3. The maximum atomic E-state index is 13.6. The summed E-state index contributed by atoms with van der Waals surface area (Å²) in [5, 5.41) is 38.5.